The highest BCUT2D eigenvalue weighted by Crippen LogP contribution is 2.26. The fraction of sp³-hybridized carbons (Fsp3) is 0.750. The number of ether oxygens (including phenoxy) is 4. The molecule has 4 atom stereocenters. The molecule has 0 N–H and O–H groups in total. The van der Waals surface area contributed by atoms with Crippen molar-refractivity contribution in [3.8, 4) is 0 Å². The zero-order valence-corrected chi connectivity index (χ0v) is 11.5. The Kier molecular flexibility index (Phi) is 5.87. The molecule has 0 saturated carbocycles. The lowest BCUT2D eigenvalue weighted by atomic mass is 10.0. The predicted octanol–water partition coefficient (Wildman–Crippen LogP) is 0.497. The maximum Gasteiger partial charge on any atom is 0.303 e. The Balaban J connectivity index is 2.82. The first kappa shape index (κ1) is 16.4. The van der Waals surface area contributed by atoms with E-state index in [-0.39, 0.29) is 13.0 Å². The number of carbonyl (C=O) groups excluding carboxylic acids is 3. The van der Waals surface area contributed by atoms with Crippen LogP contribution in [-0.4, -0.2) is 49.2 Å². The number of hydrogen-bond acceptors (Lipinski definition) is 7. The summed E-state index contributed by atoms with van der Waals surface area (Å²) in [5, 5.41) is 0. The Morgan fingerprint density at radius 1 is 1.10 bits per heavy atom. The van der Waals surface area contributed by atoms with Gasteiger partial charge in [-0.3, -0.25) is 14.4 Å². The van der Waals surface area contributed by atoms with Crippen LogP contribution in [-0.2, 0) is 33.3 Å². The maximum absolute atomic E-state index is 13.5. The topological polar surface area (TPSA) is 88.1 Å². The highest BCUT2D eigenvalue weighted by molar-refractivity contribution is 5.67. The summed E-state index contributed by atoms with van der Waals surface area (Å²) in [7, 11) is 0. The van der Waals surface area contributed by atoms with Gasteiger partial charge < -0.3 is 18.9 Å². The number of hydrogen-bond donors (Lipinski definition) is 0. The predicted molar refractivity (Wildman–Crippen MR) is 62.1 cm³/mol. The Hall–Kier alpha value is -1.70. The molecule has 1 aliphatic rings. The van der Waals surface area contributed by atoms with Gasteiger partial charge in [0.1, 0.15) is 18.8 Å². The van der Waals surface area contributed by atoms with Gasteiger partial charge in [-0.2, -0.15) is 0 Å². The van der Waals surface area contributed by atoms with Gasteiger partial charge >= 0.3 is 17.9 Å². The minimum Gasteiger partial charge on any atom is -0.463 e. The van der Waals surface area contributed by atoms with Gasteiger partial charge in [-0.25, -0.2) is 4.39 Å². The van der Waals surface area contributed by atoms with Crippen LogP contribution >= 0.6 is 0 Å². The minimum atomic E-state index is -1.70. The fourth-order valence-electron chi connectivity index (χ4n) is 1.88. The standard InChI is InChI=1S/C12H17FO7/c1-6(14)17-5-10-12(19-8(3)16)9(18-7(2)15)4-11(13)20-10/h9-12H,4-5H2,1-3H3/t9-,10-,11-,12+/m1/s1. The molecule has 0 spiro atoms. The van der Waals surface area contributed by atoms with Crippen molar-refractivity contribution in [3.63, 3.8) is 0 Å². The molecule has 0 aromatic rings. The fourth-order valence-corrected chi connectivity index (χ4v) is 1.88. The van der Waals surface area contributed by atoms with Crippen molar-refractivity contribution in [2.75, 3.05) is 6.61 Å². The average molecular weight is 292 g/mol. The first-order valence-electron chi connectivity index (χ1n) is 6.07. The lowest BCUT2D eigenvalue weighted by Crippen LogP contribution is -2.52. The summed E-state index contributed by atoms with van der Waals surface area (Å²) >= 11 is 0. The SMILES string of the molecule is CC(=O)OC[C@H]1O[C@@H](F)C[C@@H](OC(C)=O)[C@@H]1OC(C)=O. The monoisotopic (exact) mass is 292 g/mol. The van der Waals surface area contributed by atoms with Crippen LogP contribution in [0.15, 0.2) is 0 Å². The van der Waals surface area contributed by atoms with Crippen LogP contribution in [0.25, 0.3) is 0 Å². The molecule has 0 radical (unpaired) electrons. The third kappa shape index (κ3) is 5.12. The Morgan fingerprint density at radius 2 is 1.70 bits per heavy atom. The Morgan fingerprint density at radius 3 is 2.20 bits per heavy atom. The van der Waals surface area contributed by atoms with E-state index in [9.17, 15) is 18.8 Å². The van der Waals surface area contributed by atoms with E-state index < -0.39 is 42.6 Å². The molecule has 114 valence electrons. The second kappa shape index (κ2) is 7.18. The molecule has 1 rings (SSSR count). The molecular weight excluding hydrogens is 275 g/mol. The van der Waals surface area contributed by atoms with Gasteiger partial charge in [0.2, 0.25) is 6.36 Å². The third-order valence-corrected chi connectivity index (χ3v) is 2.54. The normalized spacial score (nSPS) is 29.4. The van der Waals surface area contributed by atoms with E-state index in [1.807, 2.05) is 0 Å². The van der Waals surface area contributed by atoms with E-state index in [2.05, 4.69) is 0 Å². The second-order valence-electron chi connectivity index (χ2n) is 4.34. The number of carbonyl (C=O) groups is 3. The molecule has 20 heavy (non-hydrogen) atoms. The molecule has 0 amide bonds. The molecule has 1 aliphatic heterocycles. The molecule has 1 fully saturated rings. The van der Waals surface area contributed by atoms with Gasteiger partial charge in [-0.15, -0.1) is 0 Å². The molecule has 1 heterocycles. The van der Waals surface area contributed by atoms with E-state index in [0.29, 0.717) is 0 Å². The largest absolute Gasteiger partial charge is 0.463 e. The lowest BCUT2D eigenvalue weighted by molar-refractivity contribution is -0.234. The van der Waals surface area contributed by atoms with Crippen LogP contribution in [0.4, 0.5) is 4.39 Å². The average Bonchev–Trinajstić information content (AvgIpc) is 2.28. The van der Waals surface area contributed by atoms with Gasteiger partial charge in [0, 0.05) is 27.2 Å². The highest BCUT2D eigenvalue weighted by atomic mass is 19.1. The lowest BCUT2D eigenvalue weighted by Gasteiger charge is -2.37. The van der Waals surface area contributed by atoms with Crippen LogP contribution in [0.3, 0.4) is 0 Å². The first-order chi connectivity index (χ1) is 9.29. The van der Waals surface area contributed by atoms with Crippen LogP contribution in [0.1, 0.15) is 27.2 Å². The molecule has 0 aromatic heterocycles. The zero-order valence-electron chi connectivity index (χ0n) is 11.5. The number of rotatable bonds is 4. The maximum atomic E-state index is 13.5. The van der Waals surface area contributed by atoms with E-state index >= 15 is 0 Å². The molecule has 0 aromatic carbocycles. The number of alkyl halides is 1. The highest BCUT2D eigenvalue weighted by Gasteiger charge is 2.43. The van der Waals surface area contributed by atoms with Gasteiger partial charge in [-0.1, -0.05) is 0 Å². The molecule has 1 saturated heterocycles. The number of halogens is 1. The molecule has 7 nitrogen and oxygen atoms in total. The summed E-state index contributed by atoms with van der Waals surface area (Å²) in [6.07, 6.45) is -5.00. The molecule has 0 aliphatic carbocycles. The summed E-state index contributed by atoms with van der Waals surface area (Å²) in [6.45, 7) is 3.20. The minimum absolute atomic E-state index is 0.256. The van der Waals surface area contributed by atoms with Crippen LogP contribution in [0.2, 0.25) is 0 Å². The van der Waals surface area contributed by atoms with Crippen LogP contribution in [0.5, 0.6) is 0 Å². The van der Waals surface area contributed by atoms with E-state index in [0.717, 1.165) is 13.8 Å². The van der Waals surface area contributed by atoms with Gasteiger partial charge in [-0.05, 0) is 0 Å². The Bertz CT molecular complexity index is 384. The summed E-state index contributed by atoms with van der Waals surface area (Å²) in [6, 6.07) is 0. The van der Waals surface area contributed by atoms with Gasteiger partial charge in [0.25, 0.3) is 0 Å². The molecule has 8 heteroatoms. The molecule has 0 bridgehead atoms. The van der Waals surface area contributed by atoms with E-state index in [1.54, 1.807) is 0 Å². The van der Waals surface area contributed by atoms with E-state index in [1.165, 1.54) is 6.92 Å². The number of esters is 3. The van der Waals surface area contributed by atoms with Crippen molar-refractivity contribution in [2.45, 2.75) is 51.9 Å². The Labute approximate surface area is 115 Å². The van der Waals surface area contributed by atoms with Gasteiger partial charge in [0.05, 0.1) is 0 Å². The first-order valence-corrected chi connectivity index (χ1v) is 6.07. The van der Waals surface area contributed by atoms with Crippen molar-refractivity contribution in [1.29, 1.82) is 0 Å². The summed E-state index contributed by atoms with van der Waals surface area (Å²) in [4.78, 5) is 32.9. The smallest absolute Gasteiger partial charge is 0.303 e. The van der Waals surface area contributed by atoms with Gasteiger partial charge in [0.15, 0.2) is 6.10 Å². The van der Waals surface area contributed by atoms with E-state index in [4.69, 9.17) is 18.9 Å². The van der Waals surface area contributed by atoms with Crippen LogP contribution < -0.4 is 0 Å². The van der Waals surface area contributed by atoms with Crippen molar-refractivity contribution in [3.05, 3.63) is 0 Å². The quantitative estimate of drug-likeness (QED) is 0.550. The van der Waals surface area contributed by atoms with Crippen LogP contribution in [0, 0.1) is 0 Å². The van der Waals surface area contributed by atoms with Crippen molar-refractivity contribution in [2.24, 2.45) is 0 Å². The zero-order chi connectivity index (χ0) is 15.3. The third-order valence-electron chi connectivity index (χ3n) is 2.54. The molecule has 0 unspecified atom stereocenters. The van der Waals surface area contributed by atoms with Crippen molar-refractivity contribution in [1.82, 2.24) is 0 Å². The molecular formula is C12H17FO7. The van der Waals surface area contributed by atoms with Crippen molar-refractivity contribution < 1.29 is 37.7 Å². The summed E-state index contributed by atoms with van der Waals surface area (Å²) in [5.41, 5.74) is 0. The summed E-state index contributed by atoms with van der Waals surface area (Å²) in [5.74, 6) is -1.85. The summed E-state index contributed by atoms with van der Waals surface area (Å²) < 4.78 is 33.1. The van der Waals surface area contributed by atoms with Crippen molar-refractivity contribution >= 4 is 17.9 Å². The second-order valence-corrected chi connectivity index (χ2v) is 4.34.